The normalized spacial score (nSPS) is 53.7. The van der Waals surface area contributed by atoms with Crippen molar-refractivity contribution >= 4 is 6.29 Å². The summed E-state index contributed by atoms with van der Waals surface area (Å²) in [6, 6.07) is 0. The van der Waals surface area contributed by atoms with Crippen molar-refractivity contribution in [3.63, 3.8) is 0 Å². The Morgan fingerprint density at radius 3 is 2.56 bits per heavy atom. The lowest BCUT2D eigenvalue weighted by Crippen LogP contribution is -2.66. The van der Waals surface area contributed by atoms with Crippen LogP contribution in [-0.4, -0.2) is 6.29 Å². The molecule has 2 bridgehead atoms. The van der Waals surface area contributed by atoms with E-state index in [9.17, 15) is 4.79 Å². The fraction of sp³-hybridized carbons (Fsp3) is 0.933. The molecule has 16 heavy (non-hydrogen) atoms. The van der Waals surface area contributed by atoms with Crippen molar-refractivity contribution < 1.29 is 4.79 Å². The van der Waals surface area contributed by atoms with Crippen LogP contribution in [0.4, 0.5) is 0 Å². The Morgan fingerprint density at radius 1 is 1.12 bits per heavy atom. The van der Waals surface area contributed by atoms with Gasteiger partial charge in [-0.2, -0.15) is 0 Å². The molecule has 4 aliphatic carbocycles. The van der Waals surface area contributed by atoms with Crippen molar-refractivity contribution in [1.29, 1.82) is 0 Å². The molecule has 0 saturated heterocycles. The molecule has 1 heteroatoms. The first-order valence-electron chi connectivity index (χ1n) is 6.90. The topological polar surface area (TPSA) is 17.1 Å². The average Bonchev–Trinajstić information content (AvgIpc) is 2.15. The number of carbonyl (C=O) groups is 1. The van der Waals surface area contributed by atoms with Gasteiger partial charge in [-0.05, 0) is 54.3 Å². The van der Waals surface area contributed by atoms with E-state index in [1.165, 1.54) is 44.8 Å². The first kappa shape index (κ1) is 10.8. The molecule has 4 atom stereocenters. The average molecular weight is 220 g/mol. The summed E-state index contributed by atoms with van der Waals surface area (Å²) in [4.78, 5) is 11.5. The summed E-state index contributed by atoms with van der Waals surface area (Å²) < 4.78 is 0. The van der Waals surface area contributed by atoms with Gasteiger partial charge in [0.25, 0.3) is 0 Å². The van der Waals surface area contributed by atoms with E-state index in [0.29, 0.717) is 22.2 Å². The summed E-state index contributed by atoms with van der Waals surface area (Å²) >= 11 is 0. The van der Waals surface area contributed by atoms with Gasteiger partial charge in [-0.25, -0.2) is 0 Å². The van der Waals surface area contributed by atoms with Crippen LogP contribution in [-0.2, 0) is 4.79 Å². The summed E-state index contributed by atoms with van der Waals surface area (Å²) in [6.45, 7) is 7.21. The molecular weight excluding hydrogens is 196 g/mol. The van der Waals surface area contributed by atoms with Gasteiger partial charge < -0.3 is 4.79 Å². The predicted octanol–water partition coefficient (Wildman–Crippen LogP) is 3.82. The van der Waals surface area contributed by atoms with Crippen molar-refractivity contribution in [2.24, 2.45) is 28.1 Å². The molecule has 1 spiro atoms. The molecule has 4 rings (SSSR count). The van der Waals surface area contributed by atoms with E-state index in [1.807, 2.05) is 0 Å². The van der Waals surface area contributed by atoms with Crippen LogP contribution in [0.2, 0.25) is 0 Å². The molecule has 4 fully saturated rings. The maximum Gasteiger partial charge on any atom is 0.124 e. The largest absolute Gasteiger partial charge is 0.303 e. The number of rotatable bonds is 1. The zero-order valence-electron chi connectivity index (χ0n) is 10.9. The first-order valence-corrected chi connectivity index (χ1v) is 6.90. The molecule has 1 nitrogen and oxygen atoms in total. The number of hydrogen-bond donors (Lipinski definition) is 0. The molecule has 0 amide bonds. The molecule has 0 N–H and O–H groups in total. The zero-order chi connectivity index (χ0) is 11.6. The van der Waals surface area contributed by atoms with Crippen LogP contribution in [0.15, 0.2) is 0 Å². The molecule has 0 aromatic rings. The summed E-state index contributed by atoms with van der Waals surface area (Å²) in [5, 5.41) is 0. The van der Waals surface area contributed by atoms with Gasteiger partial charge in [0.1, 0.15) is 6.29 Å². The molecule has 0 aromatic carbocycles. The second-order valence-corrected chi connectivity index (χ2v) is 7.61. The first-order chi connectivity index (χ1) is 7.45. The minimum atomic E-state index is 0.367. The van der Waals surface area contributed by atoms with Crippen molar-refractivity contribution in [2.45, 2.75) is 59.3 Å². The van der Waals surface area contributed by atoms with Crippen molar-refractivity contribution in [1.82, 2.24) is 0 Å². The van der Waals surface area contributed by atoms with Gasteiger partial charge in [0.2, 0.25) is 0 Å². The summed E-state index contributed by atoms with van der Waals surface area (Å²) in [6.07, 6.45) is 9.31. The number of fused-ring (bicyclic) bond motifs is 1. The van der Waals surface area contributed by atoms with Crippen molar-refractivity contribution in [3.05, 3.63) is 0 Å². The Morgan fingerprint density at radius 2 is 1.88 bits per heavy atom. The maximum atomic E-state index is 11.5. The smallest absolute Gasteiger partial charge is 0.124 e. The summed E-state index contributed by atoms with van der Waals surface area (Å²) in [7, 11) is 0. The van der Waals surface area contributed by atoms with E-state index in [-0.39, 0.29) is 0 Å². The summed E-state index contributed by atoms with van der Waals surface area (Å²) in [5.74, 6) is 1.18. The standard InChI is InChI=1S/C15H24O/c1-13(2)6-4-7-15-10-14(3,12(15)9-16)8-5-11(13)15/h9,11-12H,4-8,10H2,1-3H3/t11-,12+,14+,15+/m0/s1. The van der Waals surface area contributed by atoms with E-state index < -0.39 is 0 Å². The third kappa shape index (κ3) is 1.05. The third-order valence-corrected chi connectivity index (χ3v) is 6.34. The van der Waals surface area contributed by atoms with Gasteiger partial charge >= 0.3 is 0 Å². The van der Waals surface area contributed by atoms with Gasteiger partial charge in [-0.15, -0.1) is 0 Å². The molecule has 0 radical (unpaired) electrons. The van der Waals surface area contributed by atoms with Crippen LogP contribution in [0.5, 0.6) is 0 Å². The van der Waals surface area contributed by atoms with Gasteiger partial charge in [-0.3, -0.25) is 0 Å². The highest BCUT2D eigenvalue weighted by molar-refractivity contribution is 5.60. The van der Waals surface area contributed by atoms with Crippen molar-refractivity contribution in [2.75, 3.05) is 0 Å². The Labute approximate surface area is 99.0 Å². The zero-order valence-corrected chi connectivity index (χ0v) is 10.9. The Bertz CT molecular complexity index is 332. The molecule has 0 unspecified atom stereocenters. The third-order valence-electron chi connectivity index (χ3n) is 6.34. The second kappa shape index (κ2) is 2.91. The van der Waals surface area contributed by atoms with E-state index in [0.717, 1.165) is 5.92 Å². The molecule has 90 valence electrons. The van der Waals surface area contributed by atoms with Gasteiger partial charge in [0.05, 0.1) is 0 Å². The summed E-state index contributed by atoms with van der Waals surface area (Å²) in [5.41, 5.74) is 1.25. The monoisotopic (exact) mass is 220 g/mol. The highest BCUT2D eigenvalue weighted by atomic mass is 16.1. The molecule has 4 saturated carbocycles. The van der Waals surface area contributed by atoms with Gasteiger partial charge in [-0.1, -0.05) is 27.2 Å². The molecule has 0 heterocycles. The van der Waals surface area contributed by atoms with Gasteiger partial charge in [0.15, 0.2) is 0 Å². The van der Waals surface area contributed by atoms with E-state index >= 15 is 0 Å². The molecule has 4 aliphatic rings. The fourth-order valence-electron chi connectivity index (χ4n) is 5.81. The van der Waals surface area contributed by atoms with Gasteiger partial charge in [0, 0.05) is 5.92 Å². The van der Waals surface area contributed by atoms with Crippen molar-refractivity contribution in [3.8, 4) is 0 Å². The van der Waals surface area contributed by atoms with E-state index in [2.05, 4.69) is 20.8 Å². The second-order valence-electron chi connectivity index (χ2n) is 7.61. The molecule has 0 aliphatic heterocycles. The van der Waals surface area contributed by atoms with Crippen LogP contribution in [0.3, 0.4) is 0 Å². The van der Waals surface area contributed by atoms with Crippen LogP contribution in [0.25, 0.3) is 0 Å². The van der Waals surface area contributed by atoms with Crippen LogP contribution in [0.1, 0.15) is 59.3 Å². The van der Waals surface area contributed by atoms with E-state index in [4.69, 9.17) is 0 Å². The number of carbonyl (C=O) groups excluding carboxylic acids is 1. The van der Waals surface area contributed by atoms with Crippen LogP contribution < -0.4 is 0 Å². The lowest BCUT2D eigenvalue weighted by atomic mass is 9.32. The minimum Gasteiger partial charge on any atom is -0.303 e. The van der Waals surface area contributed by atoms with Crippen LogP contribution >= 0.6 is 0 Å². The highest BCUT2D eigenvalue weighted by Gasteiger charge is 2.69. The van der Waals surface area contributed by atoms with E-state index in [1.54, 1.807) is 0 Å². The number of hydrogen-bond acceptors (Lipinski definition) is 1. The molecular formula is C15H24O. The quantitative estimate of drug-likeness (QED) is 0.614. The lowest BCUT2D eigenvalue weighted by Gasteiger charge is -2.72. The Kier molecular flexibility index (Phi) is 1.97. The minimum absolute atomic E-state index is 0.367. The fourth-order valence-corrected chi connectivity index (χ4v) is 5.81. The predicted molar refractivity (Wildman–Crippen MR) is 65.1 cm³/mol. The lowest BCUT2D eigenvalue weighted by molar-refractivity contribution is -0.231. The Balaban J connectivity index is 1.99. The maximum absolute atomic E-state index is 11.5. The number of aldehydes is 1. The Hall–Kier alpha value is -0.330. The molecule has 0 aromatic heterocycles. The van der Waals surface area contributed by atoms with Crippen LogP contribution in [0, 0.1) is 28.1 Å². The highest BCUT2D eigenvalue weighted by Crippen LogP contribution is 2.75. The SMILES string of the molecule is CC1(C)CCC[C@@]23C[C@@](C)(CC[C@@H]12)[C@H]3C=O.